The van der Waals surface area contributed by atoms with Gasteiger partial charge in [-0.2, -0.15) is 0 Å². The fraction of sp³-hybridized carbons (Fsp3) is 0. The molecule has 0 bridgehead atoms. The van der Waals surface area contributed by atoms with E-state index in [4.69, 9.17) is 19.4 Å². The quantitative estimate of drug-likeness (QED) is 0.230. The molecule has 0 aliphatic heterocycles. The van der Waals surface area contributed by atoms with Crippen LogP contribution in [0.1, 0.15) is 0 Å². The molecule has 0 aliphatic carbocycles. The van der Waals surface area contributed by atoms with Crippen molar-refractivity contribution in [2.75, 3.05) is 0 Å². The Labute approximate surface area is 236 Å². The Kier molecular flexibility index (Phi) is 5.42. The highest BCUT2D eigenvalue weighted by atomic mass is 16.3. The Morgan fingerprint density at radius 2 is 0.976 bits per heavy atom. The first-order valence-corrected chi connectivity index (χ1v) is 13.6. The Bertz CT molecular complexity index is 2200. The number of fused-ring (bicyclic) bond motifs is 5. The molecule has 0 spiro atoms. The van der Waals surface area contributed by atoms with Gasteiger partial charge in [0.05, 0.1) is 0 Å². The molecular formula is C37H23N3O. The number of rotatable bonds is 4. The van der Waals surface area contributed by atoms with Gasteiger partial charge in [-0.15, -0.1) is 0 Å². The second kappa shape index (κ2) is 9.54. The number of hydrogen-bond acceptors (Lipinski definition) is 4. The van der Waals surface area contributed by atoms with Crippen molar-refractivity contribution in [2.45, 2.75) is 0 Å². The van der Waals surface area contributed by atoms with Gasteiger partial charge in [-0.3, -0.25) is 0 Å². The molecule has 6 aromatic carbocycles. The van der Waals surface area contributed by atoms with Gasteiger partial charge in [0.15, 0.2) is 17.5 Å². The van der Waals surface area contributed by atoms with Crippen molar-refractivity contribution in [3.05, 3.63) is 140 Å². The monoisotopic (exact) mass is 525 g/mol. The standard InChI is InChI=1S/C37H23N3O/c1-3-10-24(11-4-1)27-15-9-16-28(22-27)36-38-35(26-13-5-2-6-14-26)39-37(40-36)29-18-20-31-33(23-29)41-32-21-19-25-12-7-8-17-30(25)34(31)32/h1-23H. The molecule has 0 fully saturated rings. The summed E-state index contributed by atoms with van der Waals surface area (Å²) in [6.07, 6.45) is 0. The van der Waals surface area contributed by atoms with Crippen molar-refractivity contribution in [3.8, 4) is 45.3 Å². The lowest BCUT2D eigenvalue weighted by atomic mass is 10.0. The highest BCUT2D eigenvalue weighted by Crippen LogP contribution is 2.36. The molecule has 4 nitrogen and oxygen atoms in total. The highest BCUT2D eigenvalue weighted by Gasteiger charge is 2.16. The first-order chi connectivity index (χ1) is 20.3. The van der Waals surface area contributed by atoms with Gasteiger partial charge in [0.25, 0.3) is 0 Å². The molecule has 0 saturated carbocycles. The maximum Gasteiger partial charge on any atom is 0.164 e. The molecule has 41 heavy (non-hydrogen) atoms. The van der Waals surface area contributed by atoms with Gasteiger partial charge in [-0.25, -0.2) is 15.0 Å². The summed E-state index contributed by atoms with van der Waals surface area (Å²) in [4.78, 5) is 14.8. The summed E-state index contributed by atoms with van der Waals surface area (Å²) >= 11 is 0. The molecule has 192 valence electrons. The first-order valence-electron chi connectivity index (χ1n) is 13.6. The van der Waals surface area contributed by atoms with Crippen molar-refractivity contribution in [3.63, 3.8) is 0 Å². The molecule has 0 saturated heterocycles. The first kappa shape index (κ1) is 23.3. The van der Waals surface area contributed by atoms with Crippen LogP contribution < -0.4 is 0 Å². The van der Waals surface area contributed by atoms with Gasteiger partial charge in [0.1, 0.15) is 11.2 Å². The fourth-order valence-electron chi connectivity index (χ4n) is 5.50. The Balaban J connectivity index is 1.31. The zero-order valence-electron chi connectivity index (χ0n) is 22.0. The predicted octanol–water partition coefficient (Wildman–Crippen LogP) is 9.59. The van der Waals surface area contributed by atoms with E-state index in [9.17, 15) is 0 Å². The molecule has 8 aromatic rings. The summed E-state index contributed by atoms with van der Waals surface area (Å²) in [7, 11) is 0. The smallest absolute Gasteiger partial charge is 0.164 e. The number of nitrogens with zero attached hydrogens (tertiary/aromatic N) is 3. The van der Waals surface area contributed by atoms with E-state index in [1.807, 2.05) is 72.8 Å². The number of benzene rings is 6. The normalized spacial score (nSPS) is 11.4. The van der Waals surface area contributed by atoms with Crippen LogP contribution in [0.4, 0.5) is 0 Å². The number of aromatic nitrogens is 3. The van der Waals surface area contributed by atoms with E-state index in [1.165, 1.54) is 10.8 Å². The minimum absolute atomic E-state index is 0.603. The van der Waals surface area contributed by atoms with Gasteiger partial charge in [-0.05, 0) is 46.2 Å². The zero-order valence-corrected chi connectivity index (χ0v) is 22.0. The maximum atomic E-state index is 6.35. The SMILES string of the molecule is c1ccc(-c2cccc(-c3nc(-c4ccccc4)nc(-c4ccc5c(c4)oc4ccc6ccccc6c45)n3)c2)cc1. The lowest BCUT2D eigenvalue weighted by molar-refractivity contribution is 0.669. The summed E-state index contributed by atoms with van der Waals surface area (Å²) in [5.41, 5.74) is 6.69. The Morgan fingerprint density at radius 1 is 0.366 bits per heavy atom. The highest BCUT2D eigenvalue weighted by molar-refractivity contribution is 6.19. The lowest BCUT2D eigenvalue weighted by Gasteiger charge is -2.09. The Morgan fingerprint density at radius 3 is 1.76 bits per heavy atom. The van der Waals surface area contributed by atoms with Gasteiger partial charge < -0.3 is 4.42 Å². The second-order valence-corrected chi connectivity index (χ2v) is 10.1. The lowest BCUT2D eigenvalue weighted by Crippen LogP contribution is -2.00. The second-order valence-electron chi connectivity index (χ2n) is 10.1. The predicted molar refractivity (Wildman–Crippen MR) is 166 cm³/mol. The van der Waals surface area contributed by atoms with Crippen LogP contribution in [0.25, 0.3) is 78.0 Å². The van der Waals surface area contributed by atoms with Gasteiger partial charge in [0, 0.05) is 27.5 Å². The minimum atomic E-state index is 0.603. The summed E-state index contributed by atoms with van der Waals surface area (Å²) in [6, 6.07) is 47.5. The maximum absolute atomic E-state index is 6.35. The van der Waals surface area contributed by atoms with Crippen LogP contribution in [0.3, 0.4) is 0 Å². The fourth-order valence-corrected chi connectivity index (χ4v) is 5.50. The molecule has 0 N–H and O–H groups in total. The van der Waals surface area contributed by atoms with Crippen molar-refractivity contribution >= 4 is 32.7 Å². The number of furan rings is 1. The van der Waals surface area contributed by atoms with Crippen molar-refractivity contribution < 1.29 is 4.42 Å². The summed E-state index contributed by atoms with van der Waals surface area (Å²) in [6.45, 7) is 0. The molecule has 8 rings (SSSR count). The largest absolute Gasteiger partial charge is 0.456 e. The van der Waals surface area contributed by atoms with Crippen molar-refractivity contribution in [2.24, 2.45) is 0 Å². The van der Waals surface area contributed by atoms with Crippen LogP contribution in [0.5, 0.6) is 0 Å². The van der Waals surface area contributed by atoms with E-state index in [0.717, 1.165) is 49.8 Å². The van der Waals surface area contributed by atoms with Crippen LogP contribution in [-0.4, -0.2) is 15.0 Å². The summed E-state index contributed by atoms with van der Waals surface area (Å²) < 4.78 is 6.35. The van der Waals surface area contributed by atoms with Crippen LogP contribution >= 0.6 is 0 Å². The number of hydrogen-bond donors (Lipinski definition) is 0. The molecule has 0 aliphatic rings. The third-order valence-corrected chi connectivity index (χ3v) is 7.52. The Hall–Kier alpha value is -5.61. The molecule has 0 unspecified atom stereocenters. The minimum Gasteiger partial charge on any atom is -0.456 e. The topological polar surface area (TPSA) is 51.8 Å². The van der Waals surface area contributed by atoms with Crippen LogP contribution in [0.15, 0.2) is 144 Å². The summed E-state index contributed by atoms with van der Waals surface area (Å²) in [5.74, 6) is 1.86. The van der Waals surface area contributed by atoms with E-state index in [2.05, 4.69) is 66.7 Å². The average molecular weight is 526 g/mol. The van der Waals surface area contributed by atoms with Crippen molar-refractivity contribution in [1.82, 2.24) is 15.0 Å². The van der Waals surface area contributed by atoms with Gasteiger partial charge in [0.2, 0.25) is 0 Å². The van der Waals surface area contributed by atoms with Gasteiger partial charge >= 0.3 is 0 Å². The van der Waals surface area contributed by atoms with E-state index < -0.39 is 0 Å². The van der Waals surface area contributed by atoms with E-state index in [0.29, 0.717) is 17.5 Å². The van der Waals surface area contributed by atoms with Gasteiger partial charge in [-0.1, -0.05) is 115 Å². The van der Waals surface area contributed by atoms with Crippen LogP contribution in [0, 0.1) is 0 Å². The van der Waals surface area contributed by atoms with E-state index >= 15 is 0 Å². The van der Waals surface area contributed by atoms with Crippen LogP contribution in [0.2, 0.25) is 0 Å². The molecule has 2 heterocycles. The zero-order chi connectivity index (χ0) is 27.2. The van der Waals surface area contributed by atoms with E-state index in [-0.39, 0.29) is 0 Å². The third-order valence-electron chi connectivity index (χ3n) is 7.52. The van der Waals surface area contributed by atoms with Crippen LogP contribution in [-0.2, 0) is 0 Å². The molecule has 0 atom stereocenters. The van der Waals surface area contributed by atoms with Crippen molar-refractivity contribution in [1.29, 1.82) is 0 Å². The molecule has 4 heteroatoms. The third kappa shape index (κ3) is 4.14. The molecular weight excluding hydrogens is 502 g/mol. The molecule has 0 radical (unpaired) electrons. The average Bonchev–Trinajstić information content (AvgIpc) is 3.44. The summed E-state index contributed by atoms with van der Waals surface area (Å²) in [5, 5.41) is 4.58. The molecule has 2 aromatic heterocycles. The molecule has 0 amide bonds. The van der Waals surface area contributed by atoms with E-state index in [1.54, 1.807) is 0 Å².